The number of benzene rings is 2. The van der Waals surface area contributed by atoms with Crippen LogP contribution < -0.4 is 9.47 Å². The molecular formula is C21H20N2O3. The third-order valence-corrected chi connectivity index (χ3v) is 4.73. The van der Waals surface area contributed by atoms with Crippen LogP contribution in [0.2, 0.25) is 0 Å². The number of carbonyl (C=O) groups is 1. The number of ether oxygens (including phenoxy) is 2. The van der Waals surface area contributed by atoms with Gasteiger partial charge in [0, 0.05) is 23.6 Å². The molecule has 2 aromatic carbocycles. The summed E-state index contributed by atoms with van der Waals surface area (Å²) in [5.41, 5.74) is 1.51. The molecule has 5 nitrogen and oxygen atoms in total. The molecule has 0 aromatic heterocycles. The van der Waals surface area contributed by atoms with Gasteiger partial charge in [-0.2, -0.15) is 0 Å². The fourth-order valence-electron chi connectivity index (χ4n) is 3.35. The van der Waals surface area contributed by atoms with E-state index in [-0.39, 0.29) is 12.1 Å². The van der Waals surface area contributed by atoms with E-state index in [1.54, 1.807) is 24.6 Å². The molecule has 132 valence electrons. The van der Waals surface area contributed by atoms with Gasteiger partial charge in [0.2, 0.25) is 0 Å². The zero-order valence-corrected chi connectivity index (χ0v) is 14.4. The first-order chi connectivity index (χ1) is 12.8. The first kappa shape index (κ1) is 16.5. The van der Waals surface area contributed by atoms with Gasteiger partial charge in [-0.1, -0.05) is 37.1 Å². The lowest BCUT2D eigenvalue weighted by Crippen LogP contribution is -2.27. The third kappa shape index (κ3) is 3.67. The zero-order chi connectivity index (χ0) is 17.8. The number of rotatable bonds is 0. The molecule has 26 heavy (non-hydrogen) atoms. The monoisotopic (exact) mass is 348 g/mol. The van der Waals surface area contributed by atoms with Crippen molar-refractivity contribution in [3.63, 3.8) is 0 Å². The van der Waals surface area contributed by atoms with Crippen molar-refractivity contribution >= 4 is 18.6 Å². The summed E-state index contributed by atoms with van der Waals surface area (Å²) in [6, 6.07) is 14.9. The van der Waals surface area contributed by atoms with Gasteiger partial charge in [0.1, 0.15) is 11.5 Å². The molecule has 2 atom stereocenters. The van der Waals surface area contributed by atoms with Crippen molar-refractivity contribution in [2.75, 3.05) is 0 Å². The van der Waals surface area contributed by atoms with Crippen molar-refractivity contribution in [1.29, 1.82) is 0 Å². The van der Waals surface area contributed by atoms with Crippen LogP contribution in [0.4, 0.5) is 4.79 Å². The molecule has 0 amide bonds. The van der Waals surface area contributed by atoms with Crippen LogP contribution in [-0.2, 0) is 0 Å². The number of hydrogen-bond acceptors (Lipinski definition) is 5. The van der Waals surface area contributed by atoms with Gasteiger partial charge in [-0.3, -0.25) is 9.98 Å². The summed E-state index contributed by atoms with van der Waals surface area (Å²) in [5, 5.41) is 0. The third-order valence-electron chi connectivity index (χ3n) is 4.73. The highest BCUT2D eigenvalue weighted by atomic mass is 16.7. The van der Waals surface area contributed by atoms with Crippen LogP contribution in [0.5, 0.6) is 11.5 Å². The van der Waals surface area contributed by atoms with Crippen molar-refractivity contribution in [2.45, 2.75) is 37.8 Å². The number of carbonyl (C=O) groups excluding carboxylic acids is 1. The second-order valence-corrected chi connectivity index (χ2v) is 6.51. The van der Waals surface area contributed by atoms with E-state index in [0.717, 1.165) is 36.8 Å². The van der Waals surface area contributed by atoms with Crippen molar-refractivity contribution in [3.8, 4) is 11.5 Å². The molecule has 1 aliphatic heterocycles. The number of para-hydroxylation sites is 2. The summed E-state index contributed by atoms with van der Waals surface area (Å²) in [5.74, 6) is 0.873. The highest BCUT2D eigenvalue weighted by Crippen LogP contribution is 2.26. The molecule has 4 rings (SSSR count). The lowest BCUT2D eigenvalue weighted by atomic mass is 9.91. The minimum absolute atomic E-state index is 0.137. The summed E-state index contributed by atoms with van der Waals surface area (Å²) in [7, 11) is 0. The molecule has 0 bridgehead atoms. The fraction of sp³-hybridized carbons (Fsp3) is 0.286. The summed E-state index contributed by atoms with van der Waals surface area (Å²) in [4.78, 5) is 21.8. The van der Waals surface area contributed by atoms with Crippen LogP contribution in [0.1, 0.15) is 36.8 Å². The van der Waals surface area contributed by atoms with Crippen molar-refractivity contribution in [1.82, 2.24) is 0 Å². The first-order valence-corrected chi connectivity index (χ1v) is 8.94. The Morgan fingerprint density at radius 1 is 0.731 bits per heavy atom. The largest absolute Gasteiger partial charge is 0.519 e. The van der Waals surface area contributed by atoms with Crippen molar-refractivity contribution in [2.24, 2.45) is 9.98 Å². The summed E-state index contributed by atoms with van der Waals surface area (Å²) in [6.07, 6.45) is 7.13. The topological polar surface area (TPSA) is 60.2 Å². The smallest absolute Gasteiger partial charge is 0.394 e. The Bertz CT molecular complexity index is 790. The Balaban J connectivity index is 1.76. The SMILES string of the molecule is O=C1Oc2ccccc2C=NC2CCCCC2N=Cc2ccccc2O1. The molecule has 2 unspecified atom stereocenters. The standard InChI is InChI=1S/C21H20N2O3/c24-21-25-19-11-5-1-7-15(19)13-22-17-9-3-4-10-18(17)23-14-16-8-2-6-12-20(16)26-21/h1-2,5-8,11-14,17-18H,3-4,9-10H2. The normalized spacial score (nSPS) is 22.4. The minimum Gasteiger partial charge on any atom is -0.394 e. The van der Waals surface area contributed by atoms with Gasteiger partial charge >= 0.3 is 6.16 Å². The second-order valence-electron chi connectivity index (χ2n) is 6.51. The van der Waals surface area contributed by atoms with E-state index < -0.39 is 6.16 Å². The molecule has 1 fully saturated rings. The van der Waals surface area contributed by atoms with Gasteiger partial charge in [0.05, 0.1) is 12.1 Å². The van der Waals surface area contributed by atoms with Crippen LogP contribution in [-0.4, -0.2) is 30.7 Å². The van der Waals surface area contributed by atoms with E-state index in [1.165, 1.54) is 0 Å². The van der Waals surface area contributed by atoms with E-state index in [4.69, 9.17) is 19.5 Å². The van der Waals surface area contributed by atoms with Gasteiger partial charge in [-0.25, -0.2) is 4.79 Å². The molecule has 1 saturated carbocycles. The van der Waals surface area contributed by atoms with Crippen LogP contribution in [0.15, 0.2) is 58.5 Å². The van der Waals surface area contributed by atoms with E-state index in [9.17, 15) is 4.79 Å². The average molecular weight is 348 g/mol. The first-order valence-electron chi connectivity index (χ1n) is 8.94. The van der Waals surface area contributed by atoms with Crippen LogP contribution in [0.25, 0.3) is 0 Å². The summed E-state index contributed by atoms with van der Waals surface area (Å²) >= 11 is 0. The van der Waals surface area contributed by atoms with E-state index in [2.05, 4.69) is 0 Å². The van der Waals surface area contributed by atoms with Gasteiger partial charge < -0.3 is 9.47 Å². The van der Waals surface area contributed by atoms with Gasteiger partial charge in [0.15, 0.2) is 0 Å². The molecule has 2 aromatic rings. The maximum Gasteiger partial charge on any atom is 0.519 e. The Morgan fingerprint density at radius 3 is 1.69 bits per heavy atom. The summed E-state index contributed by atoms with van der Waals surface area (Å²) in [6.45, 7) is 0. The quantitative estimate of drug-likeness (QED) is 0.523. The zero-order valence-electron chi connectivity index (χ0n) is 14.4. The predicted octanol–water partition coefficient (Wildman–Crippen LogP) is 4.43. The molecule has 0 radical (unpaired) electrons. The van der Waals surface area contributed by atoms with E-state index in [1.807, 2.05) is 36.4 Å². The number of aliphatic imine (C=N–C) groups is 2. The van der Waals surface area contributed by atoms with E-state index >= 15 is 0 Å². The molecule has 1 aliphatic carbocycles. The molecule has 1 heterocycles. The molecule has 5 heteroatoms. The molecule has 2 aliphatic rings. The van der Waals surface area contributed by atoms with Gasteiger partial charge in [-0.05, 0) is 37.1 Å². The van der Waals surface area contributed by atoms with Crippen molar-refractivity contribution in [3.05, 3.63) is 59.7 Å². The minimum atomic E-state index is -0.775. The lowest BCUT2D eigenvalue weighted by molar-refractivity contribution is 0.151. The summed E-state index contributed by atoms with van der Waals surface area (Å²) < 4.78 is 10.8. The Hall–Kier alpha value is -2.95. The fourth-order valence-corrected chi connectivity index (χ4v) is 3.35. The van der Waals surface area contributed by atoms with E-state index in [0.29, 0.717) is 11.5 Å². The van der Waals surface area contributed by atoms with Gasteiger partial charge in [0.25, 0.3) is 0 Å². The molecular weight excluding hydrogens is 328 g/mol. The molecule has 0 spiro atoms. The maximum atomic E-state index is 12.2. The lowest BCUT2D eigenvalue weighted by Gasteiger charge is -2.25. The van der Waals surface area contributed by atoms with Crippen molar-refractivity contribution < 1.29 is 14.3 Å². The average Bonchev–Trinajstić information content (AvgIpc) is 2.67. The Kier molecular flexibility index (Phi) is 4.78. The Morgan fingerprint density at radius 2 is 1.19 bits per heavy atom. The highest BCUT2D eigenvalue weighted by Gasteiger charge is 2.24. The maximum absolute atomic E-state index is 12.2. The van der Waals surface area contributed by atoms with Crippen LogP contribution >= 0.6 is 0 Å². The number of hydrogen-bond donors (Lipinski definition) is 0. The number of fused-ring (bicyclic) bond motifs is 3. The predicted molar refractivity (Wildman–Crippen MR) is 101 cm³/mol. The number of nitrogens with zero attached hydrogens (tertiary/aromatic N) is 2. The molecule has 0 saturated heterocycles. The second kappa shape index (κ2) is 7.52. The highest BCUT2D eigenvalue weighted by molar-refractivity contribution is 5.87. The van der Waals surface area contributed by atoms with Crippen LogP contribution in [0, 0.1) is 0 Å². The Labute approximate surface area is 152 Å². The molecule has 0 N–H and O–H groups in total. The van der Waals surface area contributed by atoms with Gasteiger partial charge in [-0.15, -0.1) is 0 Å². The van der Waals surface area contributed by atoms with Crippen LogP contribution in [0.3, 0.4) is 0 Å².